The number of carbonyl (C=O) groups excluding carboxylic acids is 1. The maximum absolute atomic E-state index is 12.7. The predicted octanol–water partition coefficient (Wildman–Crippen LogP) is 3.41. The van der Waals surface area contributed by atoms with Crippen molar-refractivity contribution < 1.29 is 4.79 Å². The molecule has 0 unspecified atom stereocenters. The van der Waals surface area contributed by atoms with E-state index in [0.717, 1.165) is 11.4 Å². The summed E-state index contributed by atoms with van der Waals surface area (Å²) in [5, 5.41) is 3.76. The normalized spacial score (nSPS) is 12.1. The summed E-state index contributed by atoms with van der Waals surface area (Å²) < 4.78 is 1.91. The van der Waals surface area contributed by atoms with E-state index in [1.807, 2.05) is 72.2 Å². The maximum atomic E-state index is 12.7. The molecule has 0 aliphatic heterocycles. The highest BCUT2D eigenvalue weighted by atomic mass is 35.5. The van der Waals surface area contributed by atoms with Crippen molar-refractivity contribution in [3.8, 4) is 0 Å². The highest BCUT2D eigenvalue weighted by Gasteiger charge is 2.21. The van der Waals surface area contributed by atoms with Crippen molar-refractivity contribution in [2.75, 3.05) is 13.6 Å². The highest BCUT2D eigenvalue weighted by Crippen LogP contribution is 2.22. The molecule has 0 aliphatic rings. The molecule has 1 heterocycles. The summed E-state index contributed by atoms with van der Waals surface area (Å²) in [5.74, 6) is 0.716. The first-order valence-electron chi connectivity index (χ1n) is 8.77. The summed E-state index contributed by atoms with van der Waals surface area (Å²) >= 11 is 6.01. The average molecular weight is 383 g/mol. The molecule has 0 aliphatic carbocycles. The van der Waals surface area contributed by atoms with Gasteiger partial charge in [-0.05, 0) is 30.3 Å². The SMILES string of the molecule is CN(CC(=O)N[C@@H](c1ccc(Cl)cc1)c1nccn1C)Cc1ccccc1. The van der Waals surface area contributed by atoms with E-state index in [9.17, 15) is 4.79 Å². The summed E-state index contributed by atoms with van der Waals surface area (Å²) in [6.07, 6.45) is 3.60. The Morgan fingerprint density at radius 3 is 2.52 bits per heavy atom. The Kier molecular flexibility index (Phi) is 6.27. The molecule has 0 spiro atoms. The summed E-state index contributed by atoms with van der Waals surface area (Å²) in [6, 6.07) is 17.2. The third-order valence-electron chi connectivity index (χ3n) is 4.33. The van der Waals surface area contributed by atoms with E-state index in [2.05, 4.69) is 22.4 Å². The van der Waals surface area contributed by atoms with Gasteiger partial charge in [0.2, 0.25) is 5.91 Å². The number of nitrogens with one attached hydrogen (secondary N) is 1. The summed E-state index contributed by atoms with van der Waals surface area (Å²) in [6.45, 7) is 1.01. The molecule has 1 N–H and O–H groups in total. The fraction of sp³-hybridized carbons (Fsp3) is 0.238. The number of hydrogen-bond donors (Lipinski definition) is 1. The monoisotopic (exact) mass is 382 g/mol. The number of likely N-dealkylation sites (N-methyl/N-ethyl adjacent to an activating group) is 1. The van der Waals surface area contributed by atoms with Crippen molar-refractivity contribution in [1.82, 2.24) is 19.8 Å². The van der Waals surface area contributed by atoms with Crippen LogP contribution in [0.3, 0.4) is 0 Å². The minimum Gasteiger partial charge on any atom is -0.341 e. The first-order valence-corrected chi connectivity index (χ1v) is 9.15. The Morgan fingerprint density at radius 1 is 1.19 bits per heavy atom. The zero-order chi connectivity index (χ0) is 19.2. The molecule has 3 aromatic rings. The van der Waals surface area contributed by atoms with Crippen LogP contribution in [0.1, 0.15) is 23.0 Å². The summed E-state index contributed by atoms with van der Waals surface area (Å²) in [4.78, 5) is 19.1. The molecular weight excluding hydrogens is 360 g/mol. The lowest BCUT2D eigenvalue weighted by Crippen LogP contribution is -2.38. The van der Waals surface area contributed by atoms with Gasteiger partial charge in [0.05, 0.1) is 6.54 Å². The molecule has 2 aromatic carbocycles. The van der Waals surface area contributed by atoms with E-state index < -0.39 is 0 Å². The fourth-order valence-electron chi connectivity index (χ4n) is 3.01. The number of halogens is 1. The second-order valence-corrected chi connectivity index (χ2v) is 7.04. The molecule has 1 atom stereocenters. The van der Waals surface area contributed by atoms with E-state index in [1.54, 1.807) is 6.20 Å². The lowest BCUT2D eigenvalue weighted by atomic mass is 10.1. The van der Waals surface area contributed by atoms with Gasteiger partial charge in [0.25, 0.3) is 0 Å². The van der Waals surface area contributed by atoms with Crippen LogP contribution in [0.5, 0.6) is 0 Å². The number of nitrogens with zero attached hydrogens (tertiary/aromatic N) is 3. The Hall–Kier alpha value is -2.63. The van der Waals surface area contributed by atoms with Crippen LogP contribution in [0, 0.1) is 0 Å². The molecule has 140 valence electrons. The zero-order valence-electron chi connectivity index (χ0n) is 15.5. The Labute approximate surface area is 164 Å². The Morgan fingerprint density at radius 2 is 1.89 bits per heavy atom. The van der Waals surface area contributed by atoms with Gasteiger partial charge >= 0.3 is 0 Å². The first kappa shape index (κ1) is 19.1. The van der Waals surface area contributed by atoms with Crippen LogP contribution in [-0.4, -0.2) is 34.0 Å². The van der Waals surface area contributed by atoms with E-state index in [0.29, 0.717) is 18.1 Å². The van der Waals surface area contributed by atoms with Gasteiger partial charge in [-0.15, -0.1) is 0 Å². The number of aromatic nitrogens is 2. The molecule has 1 aromatic heterocycles. The Bertz CT molecular complexity index is 877. The largest absolute Gasteiger partial charge is 0.341 e. The Balaban J connectivity index is 1.71. The van der Waals surface area contributed by atoms with Crippen molar-refractivity contribution in [2.45, 2.75) is 12.6 Å². The van der Waals surface area contributed by atoms with Crippen molar-refractivity contribution in [3.63, 3.8) is 0 Å². The third-order valence-corrected chi connectivity index (χ3v) is 4.59. The molecule has 5 nitrogen and oxygen atoms in total. The van der Waals surface area contributed by atoms with Gasteiger partial charge in [-0.1, -0.05) is 54.1 Å². The minimum absolute atomic E-state index is 0.0589. The molecule has 27 heavy (non-hydrogen) atoms. The number of aryl methyl sites for hydroxylation is 1. The van der Waals surface area contributed by atoms with Gasteiger partial charge in [-0.25, -0.2) is 4.98 Å². The van der Waals surface area contributed by atoms with Gasteiger partial charge < -0.3 is 9.88 Å². The van der Waals surface area contributed by atoms with E-state index in [4.69, 9.17) is 11.6 Å². The smallest absolute Gasteiger partial charge is 0.235 e. The molecule has 3 rings (SSSR count). The molecule has 1 amide bonds. The number of imidazole rings is 1. The molecule has 0 saturated carbocycles. The van der Waals surface area contributed by atoms with Crippen molar-refractivity contribution in [3.05, 3.63) is 89.0 Å². The van der Waals surface area contributed by atoms with Crippen LogP contribution >= 0.6 is 11.6 Å². The van der Waals surface area contributed by atoms with Crippen molar-refractivity contribution >= 4 is 17.5 Å². The second kappa shape index (κ2) is 8.84. The van der Waals surface area contributed by atoms with Gasteiger partial charge in [-0.2, -0.15) is 0 Å². The lowest BCUT2D eigenvalue weighted by Gasteiger charge is -2.22. The molecule has 6 heteroatoms. The summed E-state index contributed by atoms with van der Waals surface area (Å²) in [7, 11) is 3.85. The van der Waals surface area contributed by atoms with Crippen molar-refractivity contribution in [1.29, 1.82) is 0 Å². The summed E-state index contributed by atoms with van der Waals surface area (Å²) in [5.41, 5.74) is 2.11. The van der Waals surface area contributed by atoms with Crippen LogP contribution in [0.25, 0.3) is 0 Å². The van der Waals surface area contributed by atoms with Crippen LogP contribution in [0.2, 0.25) is 5.02 Å². The van der Waals surface area contributed by atoms with Crippen LogP contribution in [0.4, 0.5) is 0 Å². The average Bonchev–Trinajstić information content (AvgIpc) is 3.07. The highest BCUT2D eigenvalue weighted by molar-refractivity contribution is 6.30. The van der Waals surface area contributed by atoms with Gasteiger partial charge in [-0.3, -0.25) is 9.69 Å². The van der Waals surface area contributed by atoms with Crippen LogP contribution in [0.15, 0.2) is 67.0 Å². The van der Waals surface area contributed by atoms with Crippen LogP contribution < -0.4 is 5.32 Å². The van der Waals surface area contributed by atoms with Crippen molar-refractivity contribution in [2.24, 2.45) is 7.05 Å². The number of amides is 1. The number of rotatable bonds is 7. The lowest BCUT2D eigenvalue weighted by molar-refractivity contribution is -0.122. The van der Waals surface area contributed by atoms with E-state index >= 15 is 0 Å². The number of carbonyl (C=O) groups is 1. The molecule has 0 saturated heterocycles. The van der Waals surface area contributed by atoms with Gasteiger partial charge in [0, 0.05) is 31.0 Å². The topological polar surface area (TPSA) is 50.2 Å². The molecule has 0 radical (unpaired) electrons. The molecule has 0 fully saturated rings. The van der Waals surface area contributed by atoms with Crippen LogP contribution in [-0.2, 0) is 18.4 Å². The van der Waals surface area contributed by atoms with E-state index in [1.165, 1.54) is 5.56 Å². The maximum Gasteiger partial charge on any atom is 0.235 e. The minimum atomic E-state index is -0.333. The third kappa shape index (κ3) is 5.18. The number of hydrogen-bond acceptors (Lipinski definition) is 3. The zero-order valence-corrected chi connectivity index (χ0v) is 16.2. The first-order chi connectivity index (χ1) is 13.0. The standard InChI is InChI=1S/C21H23ClN4O/c1-25(14-16-6-4-3-5-7-16)15-19(27)24-20(21-23-12-13-26(21)2)17-8-10-18(22)11-9-17/h3-13,20H,14-15H2,1-2H3,(H,24,27)/t20-/m0/s1. The quantitative estimate of drug-likeness (QED) is 0.681. The second-order valence-electron chi connectivity index (χ2n) is 6.61. The predicted molar refractivity (Wildman–Crippen MR) is 107 cm³/mol. The number of benzene rings is 2. The van der Waals surface area contributed by atoms with Gasteiger partial charge in [0.1, 0.15) is 11.9 Å². The van der Waals surface area contributed by atoms with Gasteiger partial charge in [0.15, 0.2) is 0 Å². The molecule has 0 bridgehead atoms. The molecular formula is C21H23ClN4O. The fourth-order valence-corrected chi connectivity index (χ4v) is 3.14. The van der Waals surface area contributed by atoms with E-state index in [-0.39, 0.29) is 11.9 Å².